The minimum atomic E-state index is -0.110. The average molecular weight is 432 g/mol. The van der Waals surface area contributed by atoms with Crippen molar-refractivity contribution in [3.8, 4) is 22.5 Å². The van der Waals surface area contributed by atoms with Gasteiger partial charge in [0, 0.05) is 31.1 Å². The lowest BCUT2D eigenvalue weighted by Crippen LogP contribution is -2.20. The monoisotopic (exact) mass is 431 g/mol. The molecule has 0 N–H and O–H groups in total. The van der Waals surface area contributed by atoms with Crippen LogP contribution in [0.3, 0.4) is 0 Å². The second kappa shape index (κ2) is 12.6. The van der Waals surface area contributed by atoms with Crippen LogP contribution in [0.1, 0.15) is 44.9 Å². The molecule has 1 aromatic heterocycles. The first-order valence-corrected chi connectivity index (χ1v) is 11.4. The molecule has 5 nitrogen and oxygen atoms in total. The third-order valence-corrected chi connectivity index (χ3v) is 5.60. The fraction of sp³-hybridized carbons (Fsp3) is 0.370. The standard InChI is InChI=1S/C27H33N3O2/c1-30(20-14-6-4-3-5-13-19-25(31)32-2)24-21-28-26(22-15-9-7-10-16-22)27(29-24)23-17-11-8-12-18-23/h7-12,15-18,21H,3-6,13-14,19-20H2,1-2H3. The van der Waals surface area contributed by atoms with Crippen LogP contribution >= 0.6 is 0 Å². The highest BCUT2D eigenvalue weighted by Crippen LogP contribution is 2.30. The molecule has 0 saturated carbocycles. The summed E-state index contributed by atoms with van der Waals surface area (Å²) in [5.41, 5.74) is 3.95. The molecule has 0 aliphatic carbocycles. The quantitative estimate of drug-likeness (QED) is 0.254. The Morgan fingerprint density at radius 2 is 1.38 bits per heavy atom. The normalized spacial score (nSPS) is 10.7. The predicted octanol–water partition coefficient (Wildman–Crippen LogP) is 6.15. The van der Waals surface area contributed by atoms with Crippen LogP contribution in [0, 0.1) is 0 Å². The van der Waals surface area contributed by atoms with Gasteiger partial charge in [-0.2, -0.15) is 0 Å². The Morgan fingerprint density at radius 1 is 0.812 bits per heavy atom. The van der Waals surface area contributed by atoms with E-state index in [1.807, 2.05) is 42.6 Å². The first-order chi connectivity index (χ1) is 15.7. The van der Waals surface area contributed by atoms with Crippen molar-refractivity contribution < 1.29 is 9.53 Å². The van der Waals surface area contributed by atoms with E-state index in [2.05, 4.69) is 40.9 Å². The number of nitrogens with zero attached hydrogens (tertiary/aromatic N) is 3. The lowest BCUT2D eigenvalue weighted by Gasteiger charge is -2.20. The van der Waals surface area contributed by atoms with Crippen LogP contribution in [0.2, 0.25) is 0 Å². The predicted molar refractivity (Wildman–Crippen MR) is 131 cm³/mol. The van der Waals surface area contributed by atoms with Gasteiger partial charge >= 0.3 is 5.97 Å². The Kier molecular flexibility index (Phi) is 9.23. The van der Waals surface area contributed by atoms with Crippen LogP contribution in [-0.4, -0.2) is 36.6 Å². The van der Waals surface area contributed by atoms with Gasteiger partial charge in [0.05, 0.1) is 24.7 Å². The van der Waals surface area contributed by atoms with Gasteiger partial charge in [-0.05, 0) is 12.8 Å². The zero-order valence-electron chi connectivity index (χ0n) is 19.2. The molecule has 0 atom stereocenters. The van der Waals surface area contributed by atoms with Crippen LogP contribution in [0.15, 0.2) is 66.9 Å². The molecule has 0 aliphatic rings. The van der Waals surface area contributed by atoms with Gasteiger partial charge < -0.3 is 9.64 Å². The molecule has 0 spiro atoms. The highest BCUT2D eigenvalue weighted by Gasteiger charge is 2.13. The van der Waals surface area contributed by atoms with Gasteiger partial charge in [0.15, 0.2) is 0 Å². The summed E-state index contributed by atoms with van der Waals surface area (Å²) in [6, 6.07) is 20.5. The van der Waals surface area contributed by atoms with Gasteiger partial charge in [0.25, 0.3) is 0 Å². The number of anilines is 1. The zero-order valence-corrected chi connectivity index (χ0v) is 19.2. The molecule has 3 aromatic rings. The molecular weight excluding hydrogens is 398 g/mol. The molecule has 168 valence electrons. The average Bonchev–Trinajstić information content (AvgIpc) is 2.86. The van der Waals surface area contributed by atoms with E-state index < -0.39 is 0 Å². The molecule has 0 saturated heterocycles. The minimum absolute atomic E-state index is 0.110. The number of hydrogen-bond acceptors (Lipinski definition) is 5. The summed E-state index contributed by atoms with van der Waals surface area (Å²) in [5.74, 6) is 0.780. The van der Waals surface area contributed by atoms with Crippen LogP contribution < -0.4 is 4.90 Å². The lowest BCUT2D eigenvalue weighted by atomic mass is 10.0. The molecule has 32 heavy (non-hydrogen) atoms. The number of benzene rings is 2. The SMILES string of the molecule is COC(=O)CCCCCCCCN(C)c1cnc(-c2ccccc2)c(-c2ccccc2)n1. The van der Waals surface area contributed by atoms with Crippen molar-refractivity contribution in [2.24, 2.45) is 0 Å². The van der Waals surface area contributed by atoms with E-state index in [1.54, 1.807) is 0 Å². The number of unbranched alkanes of at least 4 members (excludes halogenated alkanes) is 5. The summed E-state index contributed by atoms with van der Waals surface area (Å²) in [4.78, 5) is 23.1. The van der Waals surface area contributed by atoms with Crippen LogP contribution in [0.5, 0.6) is 0 Å². The summed E-state index contributed by atoms with van der Waals surface area (Å²) >= 11 is 0. The number of aromatic nitrogens is 2. The van der Waals surface area contributed by atoms with Gasteiger partial charge in [-0.15, -0.1) is 0 Å². The number of methoxy groups -OCH3 is 1. The summed E-state index contributed by atoms with van der Waals surface area (Å²) in [7, 11) is 3.53. The topological polar surface area (TPSA) is 55.3 Å². The second-order valence-corrected chi connectivity index (χ2v) is 8.03. The van der Waals surface area contributed by atoms with E-state index in [0.717, 1.165) is 60.6 Å². The Labute approximate surface area is 191 Å². The first kappa shape index (κ1) is 23.5. The Morgan fingerprint density at radius 3 is 2.00 bits per heavy atom. The summed E-state index contributed by atoms with van der Waals surface area (Å²) in [6.07, 6.45) is 9.02. The maximum Gasteiger partial charge on any atom is 0.305 e. The fourth-order valence-corrected chi connectivity index (χ4v) is 3.71. The second-order valence-electron chi connectivity index (χ2n) is 8.03. The van der Waals surface area contributed by atoms with E-state index >= 15 is 0 Å². The van der Waals surface area contributed by atoms with Crippen molar-refractivity contribution in [2.45, 2.75) is 44.9 Å². The molecule has 0 radical (unpaired) electrons. The number of carbonyl (C=O) groups is 1. The molecule has 2 aromatic carbocycles. The number of carbonyl (C=O) groups excluding carboxylic acids is 1. The molecule has 0 unspecified atom stereocenters. The molecule has 0 amide bonds. The first-order valence-electron chi connectivity index (χ1n) is 11.4. The van der Waals surface area contributed by atoms with Crippen molar-refractivity contribution in [3.05, 3.63) is 66.9 Å². The summed E-state index contributed by atoms with van der Waals surface area (Å²) in [6.45, 7) is 0.940. The molecule has 0 bridgehead atoms. The van der Waals surface area contributed by atoms with Crippen molar-refractivity contribution in [3.63, 3.8) is 0 Å². The zero-order chi connectivity index (χ0) is 22.6. The Hall–Kier alpha value is -3.21. The van der Waals surface area contributed by atoms with Gasteiger partial charge in [0.1, 0.15) is 5.82 Å². The Balaban J connectivity index is 1.57. The molecule has 1 heterocycles. The maximum absolute atomic E-state index is 11.1. The van der Waals surface area contributed by atoms with Crippen molar-refractivity contribution >= 4 is 11.8 Å². The highest BCUT2D eigenvalue weighted by molar-refractivity contribution is 5.78. The van der Waals surface area contributed by atoms with E-state index in [9.17, 15) is 4.79 Å². The van der Waals surface area contributed by atoms with Crippen molar-refractivity contribution in [1.29, 1.82) is 0 Å². The fourth-order valence-electron chi connectivity index (χ4n) is 3.71. The van der Waals surface area contributed by atoms with Gasteiger partial charge in [-0.25, -0.2) is 4.98 Å². The van der Waals surface area contributed by atoms with Gasteiger partial charge in [-0.3, -0.25) is 9.78 Å². The van der Waals surface area contributed by atoms with Gasteiger partial charge in [-0.1, -0.05) is 86.3 Å². The number of hydrogen-bond donors (Lipinski definition) is 0. The molecule has 0 fully saturated rings. The number of esters is 1. The molecule has 3 rings (SSSR count). The van der Waals surface area contributed by atoms with Crippen LogP contribution in [-0.2, 0) is 9.53 Å². The van der Waals surface area contributed by atoms with E-state index in [1.165, 1.54) is 20.0 Å². The van der Waals surface area contributed by atoms with Crippen LogP contribution in [0.4, 0.5) is 5.82 Å². The third-order valence-electron chi connectivity index (χ3n) is 5.60. The summed E-state index contributed by atoms with van der Waals surface area (Å²) < 4.78 is 4.68. The van der Waals surface area contributed by atoms with Crippen molar-refractivity contribution in [1.82, 2.24) is 9.97 Å². The Bertz CT molecular complexity index is 961. The highest BCUT2D eigenvalue weighted by atomic mass is 16.5. The van der Waals surface area contributed by atoms with Gasteiger partial charge in [0.2, 0.25) is 0 Å². The third kappa shape index (κ3) is 6.91. The number of rotatable bonds is 12. The van der Waals surface area contributed by atoms with E-state index in [-0.39, 0.29) is 5.97 Å². The molecule has 0 aliphatic heterocycles. The minimum Gasteiger partial charge on any atom is -0.469 e. The molecule has 5 heteroatoms. The largest absolute Gasteiger partial charge is 0.469 e. The smallest absolute Gasteiger partial charge is 0.305 e. The van der Waals surface area contributed by atoms with Crippen molar-refractivity contribution in [2.75, 3.05) is 25.6 Å². The lowest BCUT2D eigenvalue weighted by molar-refractivity contribution is -0.140. The summed E-state index contributed by atoms with van der Waals surface area (Å²) in [5, 5.41) is 0. The van der Waals surface area contributed by atoms with Crippen LogP contribution in [0.25, 0.3) is 22.5 Å². The van der Waals surface area contributed by atoms with E-state index in [4.69, 9.17) is 9.97 Å². The number of ether oxygens (including phenoxy) is 1. The molecular formula is C27H33N3O2. The van der Waals surface area contributed by atoms with E-state index in [0.29, 0.717) is 6.42 Å². The maximum atomic E-state index is 11.1.